The number of hydrogen-bond acceptors (Lipinski definition) is 25. The number of carboxylic acid groups (broad SMARTS) is 1. The van der Waals surface area contributed by atoms with Gasteiger partial charge in [-0.2, -0.15) is 0 Å². The molecule has 12 rings (SSSR count). The zero-order chi connectivity index (χ0) is 73.5. The number of nitrogens with one attached hydrogen (secondary N) is 7. The van der Waals surface area contributed by atoms with Crippen molar-refractivity contribution in [3.8, 4) is 57.1 Å². The second-order valence-electron chi connectivity index (χ2n) is 25.7. The van der Waals surface area contributed by atoms with Crippen LogP contribution >= 0.6 is 23.2 Å². The van der Waals surface area contributed by atoms with E-state index in [0.29, 0.717) is 0 Å². The van der Waals surface area contributed by atoms with Crippen molar-refractivity contribution < 1.29 is 118 Å². The third-order valence-electron chi connectivity index (χ3n) is 17.8. The lowest BCUT2D eigenvalue weighted by Crippen LogP contribution is -2.64. The number of aromatic hydroxyl groups is 3. The molecule has 11 bridgehead atoms. The van der Waals surface area contributed by atoms with Crippen LogP contribution in [0.3, 0.4) is 0 Å². The highest BCUT2D eigenvalue weighted by Gasteiger charge is 2.51. The van der Waals surface area contributed by atoms with Gasteiger partial charge in [-0.15, -0.1) is 0 Å². The van der Waals surface area contributed by atoms with Gasteiger partial charge >= 0.3 is 5.97 Å². The molecule has 35 heteroatoms. The van der Waals surface area contributed by atoms with Crippen molar-refractivity contribution in [1.29, 1.82) is 0 Å². The smallest absolute Gasteiger partial charge is 0.330 e. The minimum absolute atomic E-state index is 0.0975. The molecule has 5 unspecified atom stereocenters. The van der Waals surface area contributed by atoms with Gasteiger partial charge in [0.2, 0.25) is 53.4 Å². The predicted molar refractivity (Wildman–Crippen MR) is 349 cm³/mol. The van der Waals surface area contributed by atoms with E-state index < -0.39 is 237 Å². The molecule has 0 aromatic heterocycles. The Kier molecular flexibility index (Phi) is 22.2. The Balaban J connectivity index is 1.24. The number of phenolic OH excluding ortho intramolecular Hbond substituents is 3. The highest BCUT2D eigenvalue weighted by atomic mass is 35.5. The number of aliphatic hydroxyl groups is 6. The molecule has 7 heterocycles. The van der Waals surface area contributed by atoms with Gasteiger partial charge in [0.1, 0.15) is 89.5 Å². The van der Waals surface area contributed by atoms with Crippen LogP contribution in [0.5, 0.6) is 46.0 Å². The Bertz CT molecular complexity index is 4070. The van der Waals surface area contributed by atoms with Crippen molar-refractivity contribution in [2.75, 3.05) is 13.7 Å². The summed E-state index contributed by atoms with van der Waals surface area (Å²) in [6.07, 6.45) is -18.6. The molecule has 18 atom stereocenters. The number of aliphatic carboxylic acids is 1. The van der Waals surface area contributed by atoms with Crippen LogP contribution < -0.4 is 62.9 Å². The summed E-state index contributed by atoms with van der Waals surface area (Å²) in [5.74, 6) is -16.0. The molecular formula is C66H75Cl2N9O24. The first kappa shape index (κ1) is 74.5. The lowest BCUT2D eigenvalue weighted by atomic mass is 9.86. The number of carbonyl (C=O) groups excluding carboxylic acids is 7. The van der Waals surface area contributed by atoms with Gasteiger partial charge in [0.25, 0.3) is 0 Å². The van der Waals surface area contributed by atoms with Crippen molar-refractivity contribution in [2.24, 2.45) is 17.4 Å². The van der Waals surface area contributed by atoms with Gasteiger partial charge in [-0.3, -0.25) is 33.6 Å². The number of phenols is 3. The number of halogens is 2. The van der Waals surface area contributed by atoms with E-state index in [1.807, 2.05) is 13.8 Å². The number of amides is 7. The summed E-state index contributed by atoms with van der Waals surface area (Å²) in [7, 11) is 1.47. The summed E-state index contributed by atoms with van der Waals surface area (Å²) in [5.41, 5.74) is 8.00. The largest absolute Gasteiger partial charge is 0.508 e. The second-order valence-corrected chi connectivity index (χ2v) is 26.5. The van der Waals surface area contributed by atoms with Gasteiger partial charge in [0, 0.05) is 34.7 Å². The van der Waals surface area contributed by atoms with E-state index in [1.54, 1.807) is 0 Å². The standard InChI is InChI=1S/C66H75Cl2N9O24/c1-23(2)12-34(71-5)58(88)76-49-51(83)26-7-10-38(32(67)14-26)97-40-16-28-17-41(55(40)101-65-56(54(86)53(85)42(22-78)99-65)100-44-21-66(4,70)57(87)24(3)96-44)98-39-11-8-27(15-33(39)68)52(84)50-63(93)75-48(64(94)95)31-18-29(79)19-37(81)45(31)30-13-25(6-9-36(30)80)46(60(90)77-50)74-61(91)47(28)73-59(89)35(20-43(69)82)72-62(49)92/h6-11,13-19,23-24,34-35,42,44,46-54,56-57,65,71,78-81,83-87H,12,20-22,70H2,1-5H3,(H2,69,82)(H,72,92)(H,73,89)(H,74,91)(H,75,93)(H,76,88)(H,77,90)(H,94,95)/t24?,34-,35+,42?,44+,46-,47?,48+,49?,50+,51-,52-,53-,54+,56?,57-,65+,66+/m1/s1. The molecule has 33 nitrogen and oxygen atoms in total. The van der Waals surface area contributed by atoms with E-state index in [1.165, 1.54) is 33.0 Å². The lowest BCUT2D eigenvalue weighted by Gasteiger charge is -2.47. The third kappa shape index (κ3) is 15.8. The zero-order valence-electron chi connectivity index (χ0n) is 54.3. The van der Waals surface area contributed by atoms with Crippen LogP contribution in [0.25, 0.3) is 11.1 Å². The van der Waals surface area contributed by atoms with E-state index in [4.69, 9.17) is 63.1 Å². The van der Waals surface area contributed by atoms with Crippen LogP contribution in [0, 0.1) is 5.92 Å². The SMILES string of the molecule is CN[C@H](CC(C)C)C(=O)NC1C(=O)N[C@@H](CC(N)=O)C(=O)NC2C(=O)N[C@H]3C(=O)N[C@H](C(=O)N[C@H](C(=O)O)c4cc(O)cc(O)c4-c4cc3ccc4O)[C@H](O)c3ccc(c(Cl)c3)Oc3cc2cc(c3O[C@@H]2OC(CO)[C@@H](O)[C@H](O)C2O[C@H]2C[C@](C)(N)[C@H](O)C(C)O2)Oc2ccc(cc2Cl)[C@H]1O. The number of rotatable bonds is 13. The second kappa shape index (κ2) is 30.2. The fourth-order valence-electron chi connectivity index (χ4n) is 12.5. The normalized spacial score (nSPS) is 29.4. The van der Waals surface area contributed by atoms with Gasteiger partial charge in [-0.1, -0.05) is 55.2 Å². The molecule has 0 radical (unpaired) electrons. The molecule has 7 aliphatic heterocycles. The Morgan fingerprint density at radius 3 is 1.90 bits per heavy atom. The summed E-state index contributed by atoms with van der Waals surface area (Å²) in [4.78, 5) is 117. The Morgan fingerprint density at radius 2 is 1.32 bits per heavy atom. The maximum atomic E-state index is 16.0. The Labute approximate surface area is 584 Å². The average molecular weight is 1450 g/mol. The monoisotopic (exact) mass is 1450 g/mol. The first-order valence-electron chi connectivity index (χ1n) is 31.6. The number of nitrogens with two attached hydrogens (primary N) is 2. The Morgan fingerprint density at radius 1 is 0.713 bits per heavy atom. The quantitative estimate of drug-likeness (QED) is 0.0743. The van der Waals surface area contributed by atoms with Crippen LogP contribution in [0.1, 0.15) is 105 Å². The average Bonchev–Trinajstić information content (AvgIpc) is 0.775. The molecule has 5 aromatic carbocycles. The third-order valence-corrected chi connectivity index (χ3v) is 18.4. The predicted octanol–water partition coefficient (Wildman–Crippen LogP) is 0.106. The molecule has 7 aliphatic rings. The van der Waals surface area contributed by atoms with Crippen LogP contribution in [0.2, 0.25) is 10.0 Å². The van der Waals surface area contributed by atoms with Crippen molar-refractivity contribution in [3.63, 3.8) is 0 Å². The summed E-state index contributed by atoms with van der Waals surface area (Å²) >= 11 is 14.1. The van der Waals surface area contributed by atoms with Crippen molar-refractivity contribution >= 4 is 70.5 Å². The molecule has 0 aliphatic carbocycles. The van der Waals surface area contributed by atoms with Crippen molar-refractivity contribution in [2.45, 2.75) is 156 Å². The number of carboxylic acids is 1. The maximum absolute atomic E-state index is 16.0. The first-order valence-corrected chi connectivity index (χ1v) is 32.4. The minimum Gasteiger partial charge on any atom is -0.508 e. The number of aliphatic hydroxyl groups excluding tert-OH is 6. The van der Waals surface area contributed by atoms with Crippen LogP contribution in [0.4, 0.5) is 0 Å². The zero-order valence-corrected chi connectivity index (χ0v) is 55.8. The van der Waals surface area contributed by atoms with Crippen molar-refractivity contribution in [1.82, 2.24) is 37.2 Å². The van der Waals surface area contributed by atoms with Gasteiger partial charge in [-0.05, 0) is 110 Å². The molecule has 7 amide bonds. The Hall–Kier alpha value is -9.20. The minimum atomic E-state index is -2.35. The molecule has 542 valence electrons. The summed E-state index contributed by atoms with van der Waals surface area (Å²) in [5, 5.41) is 131. The van der Waals surface area contributed by atoms with Gasteiger partial charge < -0.3 is 128 Å². The van der Waals surface area contributed by atoms with Crippen molar-refractivity contribution in [3.05, 3.63) is 117 Å². The number of carbonyl (C=O) groups is 8. The molecule has 2 saturated heterocycles. The highest BCUT2D eigenvalue weighted by molar-refractivity contribution is 6.32. The van der Waals surface area contributed by atoms with Crippen LogP contribution in [-0.2, 0) is 52.6 Å². The van der Waals surface area contributed by atoms with E-state index in [9.17, 15) is 75.0 Å². The van der Waals surface area contributed by atoms with Gasteiger partial charge in [-0.25, -0.2) is 4.79 Å². The van der Waals surface area contributed by atoms with E-state index in [-0.39, 0.29) is 46.2 Å². The van der Waals surface area contributed by atoms with E-state index >= 15 is 14.4 Å². The summed E-state index contributed by atoms with van der Waals surface area (Å²) in [6.45, 7) is 5.66. The number of benzene rings is 5. The first-order chi connectivity index (χ1) is 47.7. The van der Waals surface area contributed by atoms with Gasteiger partial charge in [0.05, 0.1) is 41.3 Å². The topological polar surface area (TPSA) is 530 Å². The molecule has 0 saturated carbocycles. The molecule has 101 heavy (non-hydrogen) atoms. The molecule has 5 aromatic rings. The van der Waals surface area contributed by atoms with E-state index in [0.717, 1.165) is 66.7 Å². The fourth-order valence-corrected chi connectivity index (χ4v) is 12.9. The molecule has 0 spiro atoms. The summed E-state index contributed by atoms with van der Waals surface area (Å²) in [6, 6.07) is -0.679. The van der Waals surface area contributed by atoms with Crippen LogP contribution in [-0.4, -0.2) is 191 Å². The lowest BCUT2D eigenvalue weighted by molar-refractivity contribution is -0.333. The van der Waals surface area contributed by atoms with E-state index in [2.05, 4.69) is 37.2 Å². The maximum Gasteiger partial charge on any atom is 0.330 e. The molecule has 21 N–H and O–H groups in total. The highest BCUT2D eigenvalue weighted by Crippen LogP contribution is 2.50. The molecule has 2 fully saturated rings. The van der Waals surface area contributed by atoms with Crippen LogP contribution in [0.15, 0.2) is 78.9 Å². The summed E-state index contributed by atoms with van der Waals surface area (Å²) < 4.78 is 38.3. The number of ether oxygens (including phenoxy) is 6. The number of fused-ring (bicyclic) bond motifs is 15. The number of primary amides is 1. The number of hydrogen-bond donors (Lipinski definition) is 19. The number of likely N-dealkylation sites (N-methyl/N-ethyl adjacent to an activating group) is 1. The van der Waals surface area contributed by atoms with Gasteiger partial charge in [0.15, 0.2) is 29.9 Å². The fraction of sp³-hybridized carbons (Fsp3) is 0.424. The molecular weight excluding hydrogens is 1370 g/mol.